The first-order valence-corrected chi connectivity index (χ1v) is 8.74. The Morgan fingerprint density at radius 1 is 1.19 bits per heavy atom. The molecular weight excluding hydrogens is 346 g/mol. The van der Waals surface area contributed by atoms with Crippen LogP contribution in [0.25, 0.3) is 6.08 Å². The van der Waals surface area contributed by atoms with Crippen molar-refractivity contribution in [3.05, 3.63) is 69.3 Å². The summed E-state index contributed by atoms with van der Waals surface area (Å²) in [6, 6.07) is 9.86. The second-order valence-corrected chi connectivity index (χ2v) is 6.07. The van der Waals surface area contributed by atoms with Crippen LogP contribution in [-0.4, -0.2) is 24.4 Å². The lowest BCUT2D eigenvalue weighted by Crippen LogP contribution is -1.99. The zero-order valence-electron chi connectivity index (χ0n) is 15.7. The van der Waals surface area contributed by atoms with E-state index >= 15 is 0 Å². The maximum atomic E-state index is 12.3. The molecule has 0 spiro atoms. The van der Waals surface area contributed by atoms with Crippen LogP contribution in [0.2, 0.25) is 0 Å². The van der Waals surface area contributed by atoms with E-state index in [-0.39, 0.29) is 17.0 Å². The first-order valence-electron chi connectivity index (χ1n) is 8.74. The Hall–Kier alpha value is -3.15. The van der Waals surface area contributed by atoms with Gasteiger partial charge in [0, 0.05) is 17.2 Å². The summed E-state index contributed by atoms with van der Waals surface area (Å²) in [6.45, 7) is 4.35. The van der Waals surface area contributed by atoms with Crippen LogP contribution in [0.5, 0.6) is 11.5 Å². The smallest absolute Gasteiger partial charge is 0.273 e. The maximum absolute atomic E-state index is 12.3. The fraction of sp³-hybridized carbons (Fsp3) is 0.286. The number of rotatable bonds is 9. The third-order valence-electron chi connectivity index (χ3n) is 4.06. The zero-order valence-corrected chi connectivity index (χ0v) is 15.7. The van der Waals surface area contributed by atoms with E-state index in [1.165, 1.54) is 12.1 Å². The van der Waals surface area contributed by atoms with E-state index in [4.69, 9.17) is 9.47 Å². The Morgan fingerprint density at radius 3 is 2.63 bits per heavy atom. The van der Waals surface area contributed by atoms with Crippen LogP contribution in [0.3, 0.4) is 0 Å². The number of ketones is 1. The molecule has 6 nitrogen and oxygen atoms in total. The third kappa shape index (κ3) is 5.41. The molecule has 0 fully saturated rings. The number of ether oxygens (including phenoxy) is 2. The van der Waals surface area contributed by atoms with Crippen molar-refractivity contribution in [1.82, 2.24) is 0 Å². The number of nitro benzene ring substituents is 1. The minimum absolute atomic E-state index is 0.0653. The van der Waals surface area contributed by atoms with Gasteiger partial charge in [0.25, 0.3) is 5.69 Å². The Bertz CT molecular complexity index is 858. The molecule has 0 N–H and O–H groups in total. The van der Waals surface area contributed by atoms with E-state index in [1.807, 2.05) is 6.07 Å². The van der Waals surface area contributed by atoms with Crippen LogP contribution >= 0.6 is 0 Å². The van der Waals surface area contributed by atoms with Gasteiger partial charge < -0.3 is 9.47 Å². The van der Waals surface area contributed by atoms with Gasteiger partial charge in [-0.15, -0.1) is 0 Å². The molecule has 2 rings (SSSR count). The van der Waals surface area contributed by atoms with Gasteiger partial charge in [-0.1, -0.05) is 37.6 Å². The zero-order chi connectivity index (χ0) is 19.8. The molecule has 27 heavy (non-hydrogen) atoms. The molecule has 0 saturated heterocycles. The number of unbranched alkanes of at least 4 members (excludes halogenated alkanes) is 1. The van der Waals surface area contributed by atoms with E-state index in [1.54, 1.807) is 44.4 Å². The topological polar surface area (TPSA) is 78.7 Å². The lowest BCUT2D eigenvalue weighted by Gasteiger charge is -2.10. The van der Waals surface area contributed by atoms with Gasteiger partial charge in [-0.05, 0) is 37.1 Å². The van der Waals surface area contributed by atoms with Crippen molar-refractivity contribution in [2.24, 2.45) is 0 Å². The van der Waals surface area contributed by atoms with Gasteiger partial charge in [0.15, 0.2) is 17.3 Å². The number of carbonyl (C=O) groups is 1. The highest BCUT2D eigenvalue weighted by Gasteiger charge is 2.13. The molecule has 0 aliphatic carbocycles. The summed E-state index contributed by atoms with van der Waals surface area (Å²) in [6.07, 6.45) is 5.04. The minimum atomic E-state index is -0.488. The summed E-state index contributed by atoms with van der Waals surface area (Å²) in [5, 5.41) is 11.0. The van der Waals surface area contributed by atoms with E-state index < -0.39 is 4.92 Å². The lowest BCUT2D eigenvalue weighted by molar-refractivity contribution is -0.385. The SMILES string of the molecule is CCCCOc1ccc(/C=C/C(=O)c2ccc(C)c([N+](=O)[O-])c2)cc1OC. The first-order chi connectivity index (χ1) is 13.0. The molecular formula is C21H23NO5. The largest absolute Gasteiger partial charge is 0.493 e. The second kappa shape index (κ2) is 9.52. The van der Waals surface area contributed by atoms with Gasteiger partial charge in [-0.2, -0.15) is 0 Å². The number of benzene rings is 2. The van der Waals surface area contributed by atoms with Crippen LogP contribution in [0.15, 0.2) is 42.5 Å². The molecule has 0 atom stereocenters. The quantitative estimate of drug-likeness (QED) is 0.205. The number of methoxy groups -OCH3 is 1. The van der Waals surface area contributed by atoms with Crippen LogP contribution in [-0.2, 0) is 0 Å². The van der Waals surface area contributed by atoms with E-state index in [2.05, 4.69) is 6.92 Å². The summed E-state index contributed by atoms with van der Waals surface area (Å²) in [7, 11) is 1.56. The Kier molecular flexibility index (Phi) is 7.11. The van der Waals surface area contributed by atoms with Crippen molar-refractivity contribution in [1.29, 1.82) is 0 Å². The standard InChI is InChI=1S/C21H23NO5/c1-4-5-12-27-20-11-8-16(13-21(20)26-3)7-10-19(23)17-9-6-15(2)18(14-17)22(24)25/h6-11,13-14H,4-5,12H2,1-3H3/b10-7+. The maximum Gasteiger partial charge on any atom is 0.273 e. The van der Waals surface area contributed by atoms with Crippen molar-refractivity contribution in [2.75, 3.05) is 13.7 Å². The van der Waals surface area contributed by atoms with Gasteiger partial charge in [0.1, 0.15) is 0 Å². The van der Waals surface area contributed by atoms with Crippen molar-refractivity contribution in [3.8, 4) is 11.5 Å². The van der Waals surface area contributed by atoms with Crippen LogP contribution in [0.1, 0.15) is 41.3 Å². The highest BCUT2D eigenvalue weighted by molar-refractivity contribution is 6.07. The summed E-state index contributed by atoms with van der Waals surface area (Å²) < 4.78 is 11.0. The third-order valence-corrected chi connectivity index (χ3v) is 4.06. The number of nitro groups is 1. The lowest BCUT2D eigenvalue weighted by atomic mass is 10.1. The van der Waals surface area contributed by atoms with Crippen LogP contribution in [0, 0.1) is 17.0 Å². The number of allylic oxidation sites excluding steroid dienone is 1. The molecule has 0 bridgehead atoms. The Labute approximate surface area is 158 Å². The molecule has 0 saturated carbocycles. The molecule has 142 valence electrons. The molecule has 2 aromatic carbocycles. The number of nitrogens with zero attached hydrogens (tertiary/aromatic N) is 1. The molecule has 0 radical (unpaired) electrons. The summed E-state index contributed by atoms with van der Waals surface area (Å²) in [4.78, 5) is 22.9. The van der Waals surface area contributed by atoms with E-state index in [0.717, 1.165) is 18.4 Å². The molecule has 2 aromatic rings. The number of carbonyl (C=O) groups excluding carboxylic acids is 1. The summed E-state index contributed by atoms with van der Waals surface area (Å²) >= 11 is 0. The van der Waals surface area contributed by atoms with Gasteiger partial charge in [-0.25, -0.2) is 0 Å². The minimum Gasteiger partial charge on any atom is -0.493 e. The fourth-order valence-corrected chi connectivity index (χ4v) is 2.46. The fourth-order valence-electron chi connectivity index (χ4n) is 2.46. The average molecular weight is 369 g/mol. The predicted molar refractivity (Wildman–Crippen MR) is 105 cm³/mol. The Balaban J connectivity index is 2.16. The number of aryl methyl sites for hydroxylation is 1. The molecule has 0 aliphatic rings. The van der Waals surface area contributed by atoms with Gasteiger partial charge in [0.2, 0.25) is 0 Å². The predicted octanol–water partition coefficient (Wildman–Crippen LogP) is 4.99. The van der Waals surface area contributed by atoms with Crippen LogP contribution in [0.4, 0.5) is 5.69 Å². The summed E-state index contributed by atoms with van der Waals surface area (Å²) in [5.74, 6) is 0.940. The highest BCUT2D eigenvalue weighted by atomic mass is 16.6. The molecule has 0 unspecified atom stereocenters. The van der Waals surface area contributed by atoms with E-state index in [0.29, 0.717) is 23.7 Å². The normalized spacial score (nSPS) is 10.8. The van der Waals surface area contributed by atoms with Crippen molar-refractivity contribution >= 4 is 17.5 Å². The second-order valence-electron chi connectivity index (χ2n) is 6.07. The molecule has 0 heterocycles. The molecule has 0 amide bonds. The first kappa shape index (κ1) is 20.2. The van der Waals surface area contributed by atoms with Gasteiger partial charge in [0.05, 0.1) is 18.6 Å². The highest BCUT2D eigenvalue weighted by Crippen LogP contribution is 2.29. The van der Waals surface area contributed by atoms with Crippen molar-refractivity contribution in [2.45, 2.75) is 26.7 Å². The molecule has 6 heteroatoms. The average Bonchev–Trinajstić information content (AvgIpc) is 2.67. The summed E-state index contributed by atoms with van der Waals surface area (Å²) in [5.41, 5.74) is 1.49. The monoisotopic (exact) mass is 369 g/mol. The van der Waals surface area contributed by atoms with Gasteiger partial charge >= 0.3 is 0 Å². The molecule has 0 aliphatic heterocycles. The molecule has 0 aromatic heterocycles. The Morgan fingerprint density at radius 2 is 1.96 bits per heavy atom. The van der Waals surface area contributed by atoms with Crippen LogP contribution < -0.4 is 9.47 Å². The van der Waals surface area contributed by atoms with Crippen molar-refractivity contribution < 1.29 is 19.2 Å². The number of hydrogen-bond acceptors (Lipinski definition) is 5. The van der Waals surface area contributed by atoms with Gasteiger partial charge in [-0.3, -0.25) is 14.9 Å². The number of hydrogen-bond donors (Lipinski definition) is 0. The van der Waals surface area contributed by atoms with E-state index in [9.17, 15) is 14.9 Å². The van der Waals surface area contributed by atoms with Crippen molar-refractivity contribution in [3.63, 3.8) is 0 Å².